The van der Waals surface area contributed by atoms with Gasteiger partial charge in [-0.2, -0.15) is 0 Å². The topological polar surface area (TPSA) is 50.9 Å². The van der Waals surface area contributed by atoms with Crippen LogP contribution in [0.25, 0.3) is 5.69 Å². The molecule has 0 saturated carbocycles. The van der Waals surface area contributed by atoms with Crippen molar-refractivity contribution in [3.8, 4) is 5.69 Å². The molecule has 1 aromatic heterocycles. The Morgan fingerprint density at radius 3 is 2.75 bits per heavy atom. The number of aromatic nitrogens is 3. The molecule has 0 bridgehead atoms. The molecule has 0 amide bonds. The number of hydrogen-bond acceptors (Lipinski definition) is 3. The van der Waals surface area contributed by atoms with Crippen LogP contribution in [-0.2, 0) is 0 Å². The Balaban J connectivity index is 2.42. The van der Waals surface area contributed by atoms with Gasteiger partial charge >= 0.3 is 0 Å². The largest absolute Gasteiger partial charge is 0.387 e. The zero-order valence-corrected chi connectivity index (χ0v) is 10.6. The summed E-state index contributed by atoms with van der Waals surface area (Å²) in [6.45, 7) is 3.69. The maximum atomic E-state index is 9.37. The summed E-state index contributed by atoms with van der Waals surface area (Å²) >= 11 is 3.48. The second-order valence-corrected chi connectivity index (χ2v) is 4.57. The first-order valence-electron chi connectivity index (χ1n) is 4.95. The van der Waals surface area contributed by atoms with Crippen LogP contribution in [0.4, 0.5) is 0 Å². The molecule has 2 aromatic rings. The molecular formula is C11H12BrN3O. The number of rotatable bonds is 2. The number of aliphatic hydroxyl groups is 1. The number of aryl methyl sites for hydroxylation is 1. The van der Waals surface area contributed by atoms with Crippen molar-refractivity contribution in [2.75, 3.05) is 0 Å². The molecule has 4 nitrogen and oxygen atoms in total. The fourth-order valence-electron chi connectivity index (χ4n) is 1.38. The van der Waals surface area contributed by atoms with Crippen LogP contribution in [-0.4, -0.2) is 20.1 Å². The van der Waals surface area contributed by atoms with Crippen LogP contribution < -0.4 is 0 Å². The maximum absolute atomic E-state index is 9.37. The van der Waals surface area contributed by atoms with Crippen molar-refractivity contribution >= 4 is 15.9 Å². The van der Waals surface area contributed by atoms with Crippen LogP contribution in [0, 0.1) is 6.92 Å². The van der Waals surface area contributed by atoms with Gasteiger partial charge in [-0.3, -0.25) is 0 Å². The average molecular weight is 282 g/mol. The molecule has 1 N–H and O–H groups in total. The molecule has 0 aliphatic carbocycles. The molecular weight excluding hydrogens is 270 g/mol. The molecule has 1 heterocycles. The lowest BCUT2D eigenvalue weighted by molar-refractivity contribution is 0.194. The van der Waals surface area contributed by atoms with E-state index in [4.69, 9.17) is 0 Å². The van der Waals surface area contributed by atoms with Gasteiger partial charge in [-0.1, -0.05) is 11.3 Å². The zero-order chi connectivity index (χ0) is 11.7. The summed E-state index contributed by atoms with van der Waals surface area (Å²) < 4.78 is 2.60. The number of halogens is 1. The van der Waals surface area contributed by atoms with Crippen LogP contribution in [0.3, 0.4) is 0 Å². The van der Waals surface area contributed by atoms with E-state index >= 15 is 0 Å². The van der Waals surface area contributed by atoms with E-state index in [0.717, 1.165) is 10.2 Å². The third kappa shape index (κ3) is 2.15. The molecule has 0 aliphatic rings. The molecule has 0 spiro atoms. The Morgan fingerprint density at radius 2 is 2.19 bits per heavy atom. The lowest BCUT2D eigenvalue weighted by Crippen LogP contribution is -1.96. The third-order valence-corrected chi connectivity index (χ3v) is 2.92. The molecule has 1 aromatic carbocycles. The lowest BCUT2D eigenvalue weighted by Gasteiger charge is -2.04. The number of nitrogens with zero attached hydrogens (tertiary/aromatic N) is 3. The van der Waals surface area contributed by atoms with Crippen molar-refractivity contribution in [2.45, 2.75) is 20.0 Å². The molecule has 1 unspecified atom stereocenters. The normalized spacial score (nSPS) is 12.8. The maximum Gasteiger partial charge on any atom is 0.111 e. The minimum Gasteiger partial charge on any atom is -0.387 e. The first-order valence-corrected chi connectivity index (χ1v) is 5.74. The fourth-order valence-corrected chi connectivity index (χ4v) is 2.06. The van der Waals surface area contributed by atoms with Gasteiger partial charge in [-0.15, -0.1) is 5.10 Å². The predicted molar refractivity (Wildman–Crippen MR) is 64.4 cm³/mol. The van der Waals surface area contributed by atoms with Gasteiger partial charge in [0.2, 0.25) is 0 Å². The van der Waals surface area contributed by atoms with E-state index in [-0.39, 0.29) is 0 Å². The number of benzene rings is 1. The first kappa shape index (κ1) is 11.3. The van der Waals surface area contributed by atoms with Crippen LogP contribution in [0.5, 0.6) is 0 Å². The highest BCUT2D eigenvalue weighted by molar-refractivity contribution is 9.10. The summed E-state index contributed by atoms with van der Waals surface area (Å²) in [4.78, 5) is 0. The smallest absolute Gasteiger partial charge is 0.111 e. The molecule has 1 atom stereocenters. The van der Waals surface area contributed by atoms with E-state index in [1.165, 1.54) is 5.56 Å². The van der Waals surface area contributed by atoms with E-state index in [9.17, 15) is 5.11 Å². The van der Waals surface area contributed by atoms with E-state index in [1.54, 1.807) is 17.8 Å². The summed E-state index contributed by atoms with van der Waals surface area (Å²) in [6.07, 6.45) is 1.12. The molecule has 16 heavy (non-hydrogen) atoms. The van der Waals surface area contributed by atoms with Crippen molar-refractivity contribution in [1.82, 2.24) is 15.0 Å². The van der Waals surface area contributed by atoms with Gasteiger partial charge in [-0.25, -0.2) is 4.68 Å². The molecule has 2 rings (SSSR count). The van der Waals surface area contributed by atoms with E-state index < -0.39 is 6.10 Å². The second-order valence-electron chi connectivity index (χ2n) is 3.72. The Morgan fingerprint density at radius 1 is 1.44 bits per heavy atom. The van der Waals surface area contributed by atoms with E-state index in [0.29, 0.717) is 5.69 Å². The van der Waals surface area contributed by atoms with Gasteiger partial charge in [0.1, 0.15) is 5.69 Å². The molecule has 5 heteroatoms. The third-order valence-electron chi connectivity index (χ3n) is 2.29. The minimum atomic E-state index is -0.599. The summed E-state index contributed by atoms with van der Waals surface area (Å²) in [7, 11) is 0. The van der Waals surface area contributed by atoms with Gasteiger partial charge < -0.3 is 5.11 Å². The van der Waals surface area contributed by atoms with E-state index in [2.05, 4.69) is 26.2 Å². The zero-order valence-electron chi connectivity index (χ0n) is 9.05. The van der Waals surface area contributed by atoms with Crippen LogP contribution >= 0.6 is 15.9 Å². The summed E-state index contributed by atoms with van der Waals surface area (Å²) in [5.41, 5.74) is 2.64. The summed E-state index contributed by atoms with van der Waals surface area (Å²) in [5, 5.41) is 17.2. The highest BCUT2D eigenvalue weighted by atomic mass is 79.9. The van der Waals surface area contributed by atoms with Crippen LogP contribution in [0.1, 0.15) is 24.3 Å². The number of aliphatic hydroxyl groups excluding tert-OH is 1. The second kappa shape index (κ2) is 4.35. The van der Waals surface area contributed by atoms with Gasteiger partial charge in [0.25, 0.3) is 0 Å². The Hall–Kier alpha value is -1.20. The molecule has 0 radical (unpaired) electrons. The van der Waals surface area contributed by atoms with Crippen LogP contribution in [0.2, 0.25) is 0 Å². The van der Waals surface area contributed by atoms with Gasteiger partial charge in [0, 0.05) is 4.47 Å². The number of hydrogen-bond donors (Lipinski definition) is 1. The van der Waals surface area contributed by atoms with E-state index in [1.807, 2.05) is 25.1 Å². The van der Waals surface area contributed by atoms with Gasteiger partial charge in [0.15, 0.2) is 0 Å². The van der Waals surface area contributed by atoms with Gasteiger partial charge in [-0.05, 0) is 47.5 Å². The molecule has 0 aliphatic heterocycles. The monoisotopic (exact) mass is 281 g/mol. The van der Waals surface area contributed by atoms with Crippen LogP contribution in [0.15, 0.2) is 28.9 Å². The first-order chi connectivity index (χ1) is 7.58. The van der Waals surface area contributed by atoms with Crippen molar-refractivity contribution < 1.29 is 5.11 Å². The molecule has 84 valence electrons. The highest BCUT2D eigenvalue weighted by Crippen LogP contribution is 2.22. The van der Waals surface area contributed by atoms with Crippen molar-refractivity contribution in [3.63, 3.8) is 0 Å². The van der Waals surface area contributed by atoms with Crippen molar-refractivity contribution in [1.29, 1.82) is 0 Å². The average Bonchev–Trinajstić information content (AvgIpc) is 2.66. The minimum absolute atomic E-state index is 0.562. The van der Waals surface area contributed by atoms with Gasteiger partial charge in [0.05, 0.1) is 18.0 Å². The standard InChI is InChI=1S/C11H12BrN3O/c1-7-3-4-11(9(12)5-7)15-6-10(8(2)16)13-14-15/h3-6,8,16H,1-2H3. The Kier molecular flexibility index (Phi) is 3.07. The quantitative estimate of drug-likeness (QED) is 0.920. The van der Waals surface area contributed by atoms with Crippen molar-refractivity contribution in [2.24, 2.45) is 0 Å². The Labute approximate surface area is 102 Å². The summed E-state index contributed by atoms with van der Waals surface area (Å²) in [5.74, 6) is 0. The fraction of sp³-hybridized carbons (Fsp3) is 0.273. The highest BCUT2D eigenvalue weighted by Gasteiger charge is 2.09. The molecule has 0 saturated heterocycles. The van der Waals surface area contributed by atoms with Crippen molar-refractivity contribution in [3.05, 3.63) is 40.1 Å². The SMILES string of the molecule is Cc1ccc(-n2cc(C(C)O)nn2)c(Br)c1. The Bertz CT molecular complexity index is 508. The lowest BCUT2D eigenvalue weighted by atomic mass is 10.2. The molecule has 0 fully saturated rings. The predicted octanol–water partition coefficient (Wildman–Crippen LogP) is 2.39. The summed E-state index contributed by atoms with van der Waals surface area (Å²) in [6, 6.07) is 5.97.